The molecule has 0 saturated carbocycles. The second kappa shape index (κ2) is 9.28. The number of halogens is 1. The van der Waals surface area contributed by atoms with E-state index in [4.69, 9.17) is 0 Å². The molecule has 10 nitrogen and oxygen atoms in total. The number of nitrogens with one attached hydrogen (secondary N) is 3. The molecular weight excluding hydrogens is 437 g/mol. The Morgan fingerprint density at radius 1 is 1.28 bits per heavy atom. The maximum atomic E-state index is 14.6. The van der Waals surface area contributed by atoms with Gasteiger partial charge in [0.05, 0.1) is 12.4 Å². The smallest absolute Gasteiger partial charge is 0.225 e. The molecule has 2 saturated heterocycles. The average molecular weight is 468 g/mol. The summed E-state index contributed by atoms with van der Waals surface area (Å²) in [5.74, 6) is 0.197. The molecule has 176 valence electrons. The van der Waals surface area contributed by atoms with Crippen LogP contribution in [0, 0.1) is 18.7 Å². The average Bonchev–Trinajstić information content (AvgIpc) is 3.17. The highest BCUT2D eigenvalue weighted by molar-refractivity contribution is 7.89. The predicted molar refractivity (Wildman–Crippen MR) is 118 cm³/mol. The number of aryl methyl sites for hydroxylation is 1. The van der Waals surface area contributed by atoms with Gasteiger partial charge in [-0.15, -0.1) is 0 Å². The van der Waals surface area contributed by atoms with E-state index >= 15 is 0 Å². The molecule has 2 aliphatic rings. The summed E-state index contributed by atoms with van der Waals surface area (Å²) in [6.45, 7) is 3.51. The quantitative estimate of drug-likeness (QED) is 0.464. The van der Waals surface area contributed by atoms with Crippen LogP contribution in [0.4, 0.5) is 22.0 Å². The lowest BCUT2D eigenvalue weighted by atomic mass is 9.80. The Morgan fingerprint density at radius 3 is 2.59 bits per heavy atom. The van der Waals surface area contributed by atoms with Gasteiger partial charge in [-0.05, 0) is 45.4 Å². The standard InChI is InChI=1S/C20H30FN7O3S/c1-3-32(30,31)28-14-5-4-6-15(28)9-13(8-14)10-22-20-23-16(11-29)18(21)19(25-20)24-17-7-12(2)26-27-17/h7,13-15,29H,3-6,8-11H2,1-2H3,(H3,22,23,24,25,26,27). The van der Waals surface area contributed by atoms with Gasteiger partial charge in [0.15, 0.2) is 17.5 Å². The van der Waals surface area contributed by atoms with E-state index < -0.39 is 22.4 Å². The van der Waals surface area contributed by atoms with Crippen LogP contribution in [0.1, 0.15) is 50.4 Å². The first-order chi connectivity index (χ1) is 15.3. The fraction of sp³-hybridized carbons (Fsp3) is 0.650. The number of nitrogens with zero attached hydrogens (tertiary/aromatic N) is 4. The minimum Gasteiger partial charge on any atom is -0.390 e. The summed E-state index contributed by atoms with van der Waals surface area (Å²) in [5.41, 5.74) is 0.697. The molecule has 32 heavy (non-hydrogen) atoms. The Kier molecular flexibility index (Phi) is 6.63. The number of sulfonamides is 1. The van der Waals surface area contributed by atoms with Crippen LogP contribution in [0.2, 0.25) is 0 Å². The lowest BCUT2D eigenvalue weighted by Crippen LogP contribution is -2.55. The first-order valence-electron chi connectivity index (χ1n) is 11.0. The van der Waals surface area contributed by atoms with Crippen LogP contribution in [0.3, 0.4) is 0 Å². The molecule has 2 aliphatic heterocycles. The number of aromatic nitrogens is 4. The van der Waals surface area contributed by atoms with E-state index in [1.54, 1.807) is 17.3 Å². The second-order valence-corrected chi connectivity index (χ2v) is 10.7. The minimum absolute atomic E-state index is 0.0292. The highest BCUT2D eigenvalue weighted by atomic mass is 32.2. The van der Waals surface area contributed by atoms with E-state index in [0.29, 0.717) is 12.4 Å². The van der Waals surface area contributed by atoms with Gasteiger partial charge in [0, 0.05) is 30.4 Å². The molecule has 4 N–H and O–H groups in total. The van der Waals surface area contributed by atoms with E-state index in [-0.39, 0.29) is 41.2 Å². The Balaban J connectivity index is 1.46. The molecule has 2 bridgehead atoms. The van der Waals surface area contributed by atoms with Gasteiger partial charge in [-0.3, -0.25) is 5.10 Å². The van der Waals surface area contributed by atoms with Crippen LogP contribution < -0.4 is 10.6 Å². The molecule has 4 heterocycles. The number of piperidine rings is 2. The number of H-pyrrole nitrogens is 1. The highest BCUT2D eigenvalue weighted by Gasteiger charge is 2.43. The highest BCUT2D eigenvalue weighted by Crippen LogP contribution is 2.39. The third kappa shape index (κ3) is 4.71. The van der Waals surface area contributed by atoms with Crippen molar-refractivity contribution in [2.24, 2.45) is 5.92 Å². The maximum Gasteiger partial charge on any atom is 0.225 e. The van der Waals surface area contributed by atoms with Crippen molar-refractivity contribution in [3.05, 3.63) is 23.3 Å². The number of aliphatic hydroxyl groups excluding tert-OH is 1. The summed E-state index contributed by atoms with van der Waals surface area (Å²) in [4.78, 5) is 8.33. The van der Waals surface area contributed by atoms with Gasteiger partial charge in [0.1, 0.15) is 5.69 Å². The van der Waals surface area contributed by atoms with Crippen molar-refractivity contribution in [3.8, 4) is 0 Å². The van der Waals surface area contributed by atoms with Gasteiger partial charge in [-0.1, -0.05) is 6.42 Å². The number of hydrogen-bond donors (Lipinski definition) is 4. The van der Waals surface area contributed by atoms with Crippen molar-refractivity contribution in [1.29, 1.82) is 0 Å². The van der Waals surface area contributed by atoms with E-state index in [9.17, 15) is 17.9 Å². The Bertz CT molecular complexity index is 1050. The molecule has 0 amide bonds. The molecule has 2 fully saturated rings. The van der Waals surface area contributed by atoms with Gasteiger partial charge >= 0.3 is 0 Å². The van der Waals surface area contributed by atoms with Crippen molar-refractivity contribution >= 4 is 27.6 Å². The monoisotopic (exact) mass is 467 g/mol. The fourth-order valence-corrected chi connectivity index (χ4v) is 6.41. The molecule has 2 unspecified atom stereocenters. The number of hydrogen-bond acceptors (Lipinski definition) is 8. The van der Waals surface area contributed by atoms with Gasteiger partial charge in [0.2, 0.25) is 16.0 Å². The van der Waals surface area contributed by atoms with Crippen LogP contribution in [0.5, 0.6) is 0 Å². The van der Waals surface area contributed by atoms with Crippen molar-refractivity contribution in [1.82, 2.24) is 24.5 Å². The second-order valence-electron chi connectivity index (χ2n) is 8.56. The number of aromatic amines is 1. The van der Waals surface area contributed by atoms with Gasteiger partial charge in [-0.2, -0.15) is 14.4 Å². The van der Waals surface area contributed by atoms with Crippen LogP contribution >= 0.6 is 0 Å². The summed E-state index contributed by atoms with van der Waals surface area (Å²) in [5, 5.41) is 22.3. The van der Waals surface area contributed by atoms with Crippen molar-refractivity contribution in [2.45, 2.75) is 64.6 Å². The topological polar surface area (TPSA) is 136 Å². The maximum absolute atomic E-state index is 14.6. The summed E-state index contributed by atoms with van der Waals surface area (Å²) in [7, 11) is -3.22. The Hall–Kier alpha value is -2.31. The zero-order valence-corrected chi connectivity index (χ0v) is 19.1. The van der Waals surface area contributed by atoms with Gasteiger partial charge in [0.25, 0.3) is 0 Å². The molecule has 4 rings (SSSR count). The molecule has 0 spiro atoms. The number of fused-ring (bicyclic) bond motifs is 2. The molecule has 2 atom stereocenters. The van der Waals surface area contributed by atoms with E-state index in [2.05, 4.69) is 30.8 Å². The normalized spacial score (nSPS) is 23.8. The predicted octanol–water partition coefficient (Wildman–Crippen LogP) is 2.28. The lowest BCUT2D eigenvalue weighted by molar-refractivity contribution is 0.0905. The molecule has 2 aromatic rings. The largest absolute Gasteiger partial charge is 0.390 e. The number of rotatable bonds is 8. The molecule has 0 aromatic carbocycles. The van der Waals surface area contributed by atoms with Crippen LogP contribution in [-0.4, -0.2) is 62.4 Å². The molecular formula is C20H30FN7O3S. The third-order valence-corrected chi connectivity index (χ3v) is 8.23. The van der Waals surface area contributed by atoms with Crippen molar-refractivity contribution < 1.29 is 17.9 Å². The SMILES string of the molecule is CCS(=O)(=O)N1C2CCCC1CC(CNc1nc(CO)c(F)c(Nc3cc(C)[nH]n3)n1)C2. The molecule has 2 aromatic heterocycles. The molecule has 0 aliphatic carbocycles. The summed E-state index contributed by atoms with van der Waals surface area (Å²) in [6, 6.07) is 1.77. The third-order valence-electron chi connectivity index (χ3n) is 6.26. The van der Waals surface area contributed by atoms with Gasteiger partial charge < -0.3 is 15.7 Å². The van der Waals surface area contributed by atoms with Crippen LogP contribution in [0.25, 0.3) is 0 Å². The summed E-state index contributed by atoms with van der Waals surface area (Å²) in [6.07, 6.45) is 4.35. The van der Waals surface area contributed by atoms with E-state index in [0.717, 1.165) is 37.8 Å². The van der Waals surface area contributed by atoms with E-state index in [1.165, 1.54) is 0 Å². The number of aliphatic hydroxyl groups is 1. The number of anilines is 3. The van der Waals surface area contributed by atoms with Crippen molar-refractivity contribution in [3.63, 3.8) is 0 Å². The Labute approximate surface area is 187 Å². The first kappa shape index (κ1) is 22.9. The van der Waals surface area contributed by atoms with E-state index in [1.807, 2.05) is 6.92 Å². The van der Waals surface area contributed by atoms with Crippen LogP contribution in [-0.2, 0) is 16.6 Å². The molecule has 12 heteroatoms. The van der Waals surface area contributed by atoms with Crippen molar-refractivity contribution in [2.75, 3.05) is 22.9 Å². The van der Waals surface area contributed by atoms with Crippen LogP contribution in [0.15, 0.2) is 6.07 Å². The molecule has 0 radical (unpaired) electrons. The summed E-state index contributed by atoms with van der Waals surface area (Å²) >= 11 is 0. The zero-order valence-electron chi connectivity index (χ0n) is 18.3. The fourth-order valence-electron chi connectivity index (χ4n) is 4.82. The Morgan fingerprint density at radius 2 is 2.00 bits per heavy atom. The zero-order chi connectivity index (χ0) is 22.9. The first-order valence-corrected chi connectivity index (χ1v) is 12.6. The minimum atomic E-state index is -3.22. The summed E-state index contributed by atoms with van der Waals surface area (Å²) < 4.78 is 41.5. The lowest BCUT2D eigenvalue weighted by Gasteiger charge is -2.47. The van der Waals surface area contributed by atoms with Gasteiger partial charge in [-0.25, -0.2) is 17.8 Å².